The lowest BCUT2D eigenvalue weighted by Crippen LogP contribution is -2.27. The Morgan fingerprint density at radius 2 is 1.57 bits per heavy atom. The van der Waals surface area contributed by atoms with Gasteiger partial charge in [-0.3, -0.25) is 14.6 Å². The summed E-state index contributed by atoms with van der Waals surface area (Å²) in [6.45, 7) is 4.16. The molecule has 0 bridgehead atoms. The van der Waals surface area contributed by atoms with E-state index < -0.39 is 24.6 Å². The van der Waals surface area contributed by atoms with E-state index in [1.807, 2.05) is 60.9 Å². The number of hydrogen-bond donors (Lipinski definition) is 4. The minimum Gasteiger partial charge on any atom is -0.481 e. The number of nitrogens with one attached hydrogen (secondary N) is 1. The van der Waals surface area contributed by atoms with Gasteiger partial charge in [-0.2, -0.15) is 0 Å². The van der Waals surface area contributed by atoms with Crippen molar-refractivity contribution in [3.8, 4) is 22.3 Å². The first-order chi connectivity index (χ1) is 20.2. The van der Waals surface area contributed by atoms with Gasteiger partial charge < -0.3 is 25.2 Å². The molecule has 4 aromatic rings. The minimum atomic E-state index is -1.18. The fraction of sp³-hybridized carbons (Fsp3) is 0.303. The molecule has 0 spiro atoms. The number of carbonyl (C=O) groups is 2. The molecule has 220 valence electrons. The van der Waals surface area contributed by atoms with Crippen LogP contribution in [0.4, 0.5) is 4.39 Å². The lowest BCUT2D eigenvalue weighted by Gasteiger charge is -2.20. The van der Waals surface area contributed by atoms with Crippen LogP contribution < -0.4 is 5.32 Å². The van der Waals surface area contributed by atoms with Crippen LogP contribution in [-0.4, -0.2) is 49.0 Å². The number of aliphatic carboxylic acids is 1. The third-order valence-electron chi connectivity index (χ3n) is 7.06. The predicted octanol–water partition coefficient (Wildman–Crippen LogP) is 5.39. The molecule has 0 saturated carbocycles. The largest absolute Gasteiger partial charge is 0.481 e. The Morgan fingerprint density at radius 1 is 0.905 bits per heavy atom. The Bertz CT molecular complexity index is 1490. The van der Waals surface area contributed by atoms with Crippen LogP contribution in [0.1, 0.15) is 61.0 Å². The highest BCUT2D eigenvalue weighted by Gasteiger charge is 2.30. The molecule has 8 nitrogen and oxygen atoms in total. The van der Waals surface area contributed by atoms with Crippen molar-refractivity contribution in [2.75, 3.05) is 0 Å². The quantitative estimate of drug-likeness (QED) is 0.170. The number of amides is 1. The molecule has 2 aromatic heterocycles. The number of rotatable bonds is 13. The van der Waals surface area contributed by atoms with Crippen LogP contribution >= 0.6 is 0 Å². The number of hydrogen-bond acceptors (Lipinski definition) is 5. The molecule has 42 heavy (non-hydrogen) atoms. The van der Waals surface area contributed by atoms with Gasteiger partial charge in [-0.05, 0) is 68.5 Å². The summed E-state index contributed by atoms with van der Waals surface area (Å²) < 4.78 is 16.0. The molecule has 2 atom stereocenters. The first kappa shape index (κ1) is 30.6. The van der Waals surface area contributed by atoms with Crippen LogP contribution in [0.3, 0.4) is 0 Å². The zero-order valence-corrected chi connectivity index (χ0v) is 23.7. The normalized spacial score (nSPS) is 12.7. The molecule has 2 heterocycles. The van der Waals surface area contributed by atoms with Gasteiger partial charge in [0.05, 0.1) is 30.9 Å². The topological polar surface area (TPSA) is 125 Å². The number of aliphatic hydroxyl groups excluding tert-OH is 2. The number of carboxylic acid groups (broad SMARTS) is 1. The Hall–Kier alpha value is -4.34. The number of nitrogens with zero attached hydrogens (tertiary/aromatic N) is 2. The summed E-state index contributed by atoms with van der Waals surface area (Å²) in [4.78, 5) is 29.3. The first-order valence-corrected chi connectivity index (χ1v) is 14.0. The Kier molecular flexibility index (Phi) is 10.2. The van der Waals surface area contributed by atoms with Gasteiger partial charge in [0, 0.05) is 29.1 Å². The van der Waals surface area contributed by atoms with E-state index in [0.717, 1.165) is 16.8 Å². The van der Waals surface area contributed by atoms with Gasteiger partial charge in [0.1, 0.15) is 11.5 Å². The van der Waals surface area contributed by atoms with Crippen LogP contribution in [0.15, 0.2) is 79.0 Å². The second kappa shape index (κ2) is 14.0. The number of carboxylic acids is 1. The first-order valence-electron chi connectivity index (χ1n) is 14.0. The van der Waals surface area contributed by atoms with Crippen molar-refractivity contribution in [1.29, 1.82) is 0 Å². The van der Waals surface area contributed by atoms with Gasteiger partial charge >= 0.3 is 5.97 Å². The SMILES string of the molecule is CC(C)n1c(CC[C@@H](O)C[C@@H](O)CC(=O)O)c(-c2ccc(F)cc2)c(-c2ccccc2)c1C(=O)NCc1ccccn1. The van der Waals surface area contributed by atoms with E-state index in [1.54, 1.807) is 24.4 Å². The van der Waals surface area contributed by atoms with Crippen molar-refractivity contribution in [1.82, 2.24) is 14.9 Å². The molecule has 0 unspecified atom stereocenters. The molecular formula is C33H36FN3O5. The molecule has 0 saturated heterocycles. The van der Waals surface area contributed by atoms with Crippen molar-refractivity contribution in [3.63, 3.8) is 0 Å². The monoisotopic (exact) mass is 573 g/mol. The fourth-order valence-electron chi connectivity index (χ4n) is 5.27. The van der Waals surface area contributed by atoms with E-state index in [4.69, 9.17) is 5.11 Å². The van der Waals surface area contributed by atoms with Gasteiger partial charge in [-0.15, -0.1) is 0 Å². The average molecular weight is 574 g/mol. The molecule has 0 aliphatic rings. The summed E-state index contributed by atoms with van der Waals surface area (Å²) in [5.74, 6) is -1.84. The number of carbonyl (C=O) groups excluding carboxylic acids is 1. The highest BCUT2D eigenvalue weighted by molar-refractivity contribution is 6.05. The van der Waals surface area contributed by atoms with Gasteiger partial charge in [0.15, 0.2) is 0 Å². The number of aromatic nitrogens is 2. The van der Waals surface area contributed by atoms with E-state index in [-0.39, 0.29) is 37.2 Å². The zero-order chi connectivity index (χ0) is 30.2. The maximum atomic E-state index is 14.0. The van der Waals surface area contributed by atoms with Crippen molar-refractivity contribution in [2.24, 2.45) is 0 Å². The fourth-order valence-corrected chi connectivity index (χ4v) is 5.27. The minimum absolute atomic E-state index is 0.0937. The average Bonchev–Trinajstić information content (AvgIpc) is 3.31. The molecule has 0 aliphatic heterocycles. The molecule has 0 fully saturated rings. The summed E-state index contributed by atoms with van der Waals surface area (Å²) in [7, 11) is 0. The Balaban J connectivity index is 1.85. The molecule has 9 heteroatoms. The summed E-state index contributed by atoms with van der Waals surface area (Å²) in [6.07, 6.45) is -0.514. The number of aliphatic hydroxyl groups is 2. The molecule has 4 rings (SSSR count). The van der Waals surface area contributed by atoms with Crippen LogP contribution in [0, 0.1) is 5.82 Å². The molecule has 4 N–H and O–H groups in total. The highest BCUT2D eigenvalue weighted by atomic mass is 19.1. The van der Waals surface area contributed by atoms with Crippen LogP contribution in [0.5, 0.6) is 0 Å². The Morgan fingerprint density at radius 3 is 2.19 bits per heavy atom. The maximum Gasteiger partial charge on any atom is 0.305 e. The molecular weight excluding hydrogens is 537 g/mol. The van der Waals surface area contributed by atoms with E-state index >= 15 is 0 Å². The lowest BCUT2D eigenvalue weighted by molar-refractivity contribution is -0.139. The summed E-state index contributed by atoms with van der Waals surface area (Å²) in [5.41, 5.74) is 4.85. The van der Waals surface area contributed by atoms with Gasteiger partial charge in [0.2, 0.25) is 0 Å². The van der Waals surface area contributed by atoms with Gasteiger partial charge in [-0.25, -0.2) is 4.39 Å². The van der Waals surface area contributed by atoms with Crippen molar-refractivity contribution in [2.45, 2.75) is 64.3 Å². The standard InChI is InChI=1S/C33H36FN3O5/c1-21(2)37-28(16-15-26(38)18-27(39)19-29(40)41)30(23-11-13-24(34)14-12-23)31(22-8-4-3-5-9-22)32(37)33(42)36-20-25-10-6-7-17-35-25/h3-14,17,21,26-27,38-39H,15-16,18-20H2,1-2H3,(H,36,42)(H,40,41)/t26-,27-/m1/s1. The lowest BCUT2D eigenvalue weighted by atomic mass is 9.92. The maximum absolute atomic E-state index is 14.0. The summed E-state index contributed by atoms with van der Waals surface area (Å²) in [5, 5.41) is 32.8. The predicted molar refractivity (Wildman–Crippen MR) is 158 cm³/mol. The van der Waals surface area contributed by atoms with Crippen LogP contribution in [-0.2, 0) is 17.8 Å². The summed E-state index contributed by atoms with van der Waals surface area (Å²) in [6, 6.07) is 20.9. The summed E-state index contributed by atoms with van der Waals surface area (Å²) >= 11 is 0. The van der Waals surface area contributed by atoms with Crippen molar-refractivity contribution < 1.29 is 29.3 Å². The zero-order valence-electron chi connectivity index (χ0n) is 23.7. The molecule has 2 aromatic carbocycles. The third kappa shape index (κ3) is 7.48. The van der Waals surface area contributed by atoms with Crippen molar-refractivity contribution >= 4 is 11.9 Å². The second-order valence-electron chi connectivity index (χ2n) is 10.6. The molecule has 0 radical (unpaired) electrons. The van der Waals surface area contributed by atoms with E-state index in [0.29, 0.717) is 28.9 Å². The molecule has 0 aliphatic carbocycles. The smallest absolute Gasteiger partial charge is 0.305 e. The van der Waals surface area contributed by atoms with E-state index in [9.17, 15) is 24.2 Å². The van der Waals surface area contributed by atoms with E-state index in [2.05, 4.69) is 10.3 Å². The van der Waals surface area contributed by atoms with Crippen molar-refractivity contribution in [3.05, 3.63) is 102 Å². The number of halogens is 1. The Labute approximate surface area is 244 Å². The third-order valence-corrected chi connectivity index (χ3v) is 7.06. The van der Waals surface area contributed by atoms with Gasteiger partial charge in [-0.1, -0.05) is 48.5 Å². The van der Waals surface area contributed by atoms with Gasteiger partial charge in [0.25, 0.3) is 5.91 Å². The van der Waals surface area contributed by atoms with Crippen LogP contribution in [0.2, 0.25) is 0 Å². The molecule has 1 amide bonds. The number of benzene rings is 2. The number of pyridine rings is 1. The van der Waals surface area contributed by atoms with Crippen LogP contribution in [0.25, 0.3) is 22.3 Å². The highest BCUT2D eigenvalue weighted by Crippen LogP contribution is 2.42. The second-order valence-corrected chi connectivity index (χ2v) is 10.6. The van der Waals surface area contributed by atoms with E-state index in [1.165, 1.54) is 12.1 Å².